The van der Waals surface area contributed by atoms with Gasteiger partial charge in [0.25, 0.3) is 0 Å². The van der Waals surface area contributed by atoms with Gasteiger partial charge in [-0.25, -0.2) is 0 Å². The Kier molecular flexibility index (Phi) is 3.14. The quantitative estimate of drug-likeness (QED) is 0.679. The zero-order chi connectivity index (χ0) is 10.8. The molecule has 0 aliphatic carbocycles. The van der Waals surface area contributed by atoms with E-state index < -0.39 is 0 Å². The molecule has 1 aromatic carbocycles. The van der Waals surface area contributed by atoms with Crippen LogP contribution in [0.5, 0.6) is 11.5 Å². The van der Waals surface area contributed by atoms with Gasteiger partial charge in [0.15, 0.2) is 11.5 Å². The van der Waals surface area contributed by atoms with Crippen molar-refractivity contribution in [2.45, 2.75) is 6.10 Å². The molecule has 0 saturated carbocycles. The number of hydrogen-bond donors (Lipinski definition) is 3. The van der Waals surface area contributed by atoms with Crippen molar-refractivity contribution in [1.82, 2.24) is 5.32 Å². The Labute approximate surface area is 96.0 Å². The maximum absolute atomic E-state index is 9.74. The van der Waals surface area contributed by atoms with E-state index in [0.29, 0.717) is 18.7 Å². The van der Waals surface area contributed by atoms with Gasteiger partial charge >= 0.3 is 0 Å². The molecular weight excluding hydrogens is 262 g/mol. The predicted octanol–water partition coefficient (Wildman–Crippen LogP) is 1.52. The van der Waals surface area contributed by atoms with Crippen LogP contribution >= 0.6 is 15.9 Å². The summed E-state index contributed by atoms with van der Waals surface area (Å²) in [5, 5.41) is 22.3. The van der Waals surface area contributed by atoms with Gasteiger partial charge in [-0.05, 0) is 12.1 Å². The number of halogens is 1. The summed E-state index contributed by atoms with van der Waals surface area (Å²) in [4.78, 5) is 0. The van der Waals surface area contributed by atoms with E-state index in [1.54, 1.807) is 6.07 Å². The summed E-state index contributed by atoms with van der Waals surface area (Å²) in [7, 11) is 0. The molecule has 0 aromatic heterocycles. The van der Waals surface area contributed by atoms with Gasteiger partial charge in [0, 0.05) is 23.1 Å². The molecule has 1 aliphatic rings. The van der Waals surface area contributed by atoms with Gasteiger partial charge in [-0.2, -0.15) is 0 Å². The third-order valence-corrected chi connectivity index (χ3v) is 3.08. The number of phenols is 2. The number of aromatic hydroxyl groups is 2. The summed E-state index contributed by atoms with van der Waals surface area (Å²) in [6.07, 6.45) is -0.222. The number of ether oxygens (including phenoxy) is 1. The van der Waals surface area contributed by atoms with Gasteiger partial charge in [-0.1, -0.05) is 15.9 Å². The molecule has 1 aromatic rings. The van der Waals surface area contributed by atoms with Crippen LogP contribution in [0.3, 0.4) is 0 Å². The molecule has 0 bridgehead atoms. The van der Waals surface area contributed by atoms with Crippen LogP contribution in [0.1, 0.15) is 11.7 Å². The van der Waals surface area contributed by atoms with E-state index in [-0.39, 0.29) is 17.6 Å². The van der Waals surface area contributed by atoms with Crippen LogP contribution < -0.4 is 5.32 Å². The molecule has 1 fully saturated rings. The van der Waals surface area contributed by atoms with Crippen molar-refractivity contribution < 1.29 is 14.9 Å². The van der Waals surface area contributed by atoms with Crippen LogP contribution in [0.4, 0.5) is 0 Å². The molecule has 3 N–H and O–H groups in total. The van der Waals surface area contributed by atoms with Gasteiger partial charge in [0.1, 0.15) is 0 Å². The fourth-order valence-electron chi connectivity index (χ4n) is 1.63. The van der Waals surface area contributed by atoms with Gasteiger partial charge in [0.05, 0.1) is 12.7 Å². The molecule has 0 radical (unpaired) electrons. The number of phenolic OH excluding ortho intramolecular Hbond substituents is 2. The van der Waals surface area contributed by atoms with Crippen molar-refractivity contribution in [3.63, 3.8) is 0 Å². The number of nitrogens with one attached hydrogen (secondary N) is 1. The predicted molar refractivity (Wildman–Crippen MR) is 59.0 cm³/mol. The topological polar surface area (TPSA) is 61.7 Å². The third-order valence-electron chi connectivity index (χ3n) is 2.39. The lowest BCUT2D eigenvalue weighted by molar-refractivity contribution is 0.0256. The summed E-state index contributed by atoms with van der Waals surface area (Å²) in [5.74, 6) is -0.236. The Balaban J connectivity index is 2.36. The molecule has 1 aliphatic heterocycles. The van der Waals surface area contributed by atoms with Gasteiger partial charge in [-0.3, -0.25) is 0 Å². The average Bonchev–Trinajstić information content (AvgIpc) is 2.26. The highest BCUT2D eigenvalue weighted by molar-refractivity contribution is 9.10. The fraction of sp³-hybridized carbons (Fsp3) is 0.400. The SMILES string of the molecule is Oc1ccc(Br)c(C2CNCCO2)c1O. The maximum Gasteiger partial charge on any atom is 0.164 e. The van der Waals surface area contributed by atoms with Crippen LogP contribution in [0.25, 0.3) is 0 Å². The van der Waals surface area contributed by atoms with Crippen molar-refractivity contribution >= 4 is 15.9 Å². The Hall–Kier alpha value is -0.780. The van der Waals surface area contributed by atoms with E-state index in [0.717, 1.165) is 11.0 Å². The molecular formula is C10H12BrNO3. The van der Waals surface area contributed by atoms with Crippen LogP contribution in [0.2, 0.25) is 0 Å². The average molecular weight is 274 g/mol. The molecule has 82 valence electrons. The van der Waals surface area contributed by atoms with E-state index in [1.165, 1.54) is 6.07 Å². The van der Waals surface area contributed by atoms with Gasteiger partial charge < -0.3 is 20.3 Å². The minimum Gasteiger partial charge on any atom is -0.504 e. The summed E-state index contributed by atoms with van der Waals surface area (Å²) >= 11 is 3.34. The summed E-state index contributed by atoms with van der Waals surface area (Å²) in [5.41, 5.74) is 0.599. The Morgan fingerprint density at radius 2 is 2.20 bits per heavy atom. The highest BCUT2D eigenvalue weighted by Gasteiger charge is 2.23. The normalized spacial score (nSPS) is 21.5. The van der Waals surface area contributed by atoms with E-state index in [2.05, 4.69) is 21.2 Å². The Morgan fingerprint density at radius 3 is 2.87 bits per heavy atom. The number of hydrogen-bond acceptors (Lipinski definition) is 4. The van der Waals surface area contributed by atoms with Crippen LogP contribution in [0, 0.1) is 0 Å². The second-order valence-corrected chi connectivity index (χ2v) is 4.25. The van der Waals surface area contributed by atoms with E-state index in [1.807, 2.05) is 0 Å². The Morgan fingerprint density at radius 1 is 1.40 bits per heavy atom. The van der Waals surface area contributed by atoms with Crippen molar-refractivity contribution in [1.29, 1.82) is 0 Å². The van der Waals surface area contributed by atoms with E-state index in [9.17, 15) is 10.2 Å². The van der Waals surface area contributed by atoms with Gasteiger partial charge in [0.2, 0.25) is 0 Å². The first-order chi connectivity index (χ1) is 7.20. The molecule has 1 heterocycles. The minimum absolute atomic E-state index is 0.113. The molecule has 0 amide bonds. The highest BCUT2D eigenvalue weighted by Crippen LogP contribution is 2.39. The first kappa shape index (κ1) is 10.7. The minimum atomic E-state index is -0.222. The van der Waals surface area contributed by atoms with E-state index in [4.69, 9.17) is 4.74 Å². The first-order valence-electron chi connectivity index (χ1n) is 4.73. The molecule has 15 heavy (non-hydrogen) atoms. The molecule has 0 spiro atoms. The first-order valence-corrected chi connectivity index (χ1v) is 5.52. The number of morpholine rings is 1. The smallest absolute Gasteiger partial charge is 0.164 e. The zero-order valence-corrected chi connectivity index (χ0v) is 9.62. The fourth-order valence-corrected chi connectivity index (χ4v) is 2.20. The highest BCUT2D eigenvalue weighted by atomic mass is 79.9. The second-order valence-electron chi connectivity index (χ2n) is 3.39. The zero-order valence-electron chi connectivity index (χ0n) is 8.03. The second kappa shape index (κ2) is 4.38. The monoisotopic (exact) mass is 273 g/mol. The standard InChI is InChI=1S/C10H12BrNO3/c11-6-1-2-7(13)10(14)9(6)8-5-12-3-4-15-8/h1-2,8,12-14H,3-5H2. The molecule has 1 unspecified atom stereocenters. The van der Waals surface area contributed by atoms with Crippen molar-refractivity contribution in [2.75, 3.05) is 19.7 Å². The summed E-state index contributed by atoms with van der Waals surface area (Å²) in [6, 6.07) is 3.14. The lowest BCUT2D eigenvalue weighted by Crippen LogP contribution is -2.33. The van der Waals surface area contributed by atoms with E-state index >= 15 is 0 Å². The lowest BCUT2D eigenvalue weighted by Gasteiger charge is -2.25. The molecule has 1 saturated heterocycles. The molecule has 4 nitrogen and oxygen atoms in total. The third kappa shape index (κ3) is 2.09. The number of benzene rings is 1. The van der Waals surface area contributed by atoms with Crippen molar-refractivity contribution in [3.05, 3.63) is 22.2 Å². The van der Waals surface area contributed by atoms with Crippen LogP contribution in [-0.4, -0.2) is 29.9 Å². The van der Waals surface area contributed by atoms with Crippen LogP contribution in [0.15, 0.2) is 16.6 Å². The van der Waals surface area contributed by atoms with Crippen molar-refractivity contribution in [2.24, 2.45) is 0 Å². The molecule has 5 heteroatoms. The molecule has 1 atom stereocenters. The lowest BCUT2D eigenvalue weighted by atomic mass is 10.1. The maximum atomic E-state index is 9.74. The Bertz CT molecular complexity index is 364. The van der Waals surface area contributed by atoms with Crippen LogP contribution in [-0.2, 0) is 4.74 Å². The van der Waals surface area contributed by atoms with Gasteiger partial charge in [-0.15, -0.1) is 0 Å². The number of rotatable bonds is 1. The molecule has 2 rings (SSSR count). The summed E-state index contributed by atoms with van der Waals surface area (Å²) in [6.45, 7) is 2.05. The van der Waals surface area contributed by atoms with Crippen molar-refractivity contribution in [3.8, 4) is 11.5 Å². The summed E-state index contributed by atoms with van der Waals surface area (Å²) < 4.78 is 6.26. The largest absolute Gasteiger partial charge is 0.504 e.